The summed E-state index contributed by atoms with van der Waals surface area (Å²) in [5, 5.41) is 12.6. The number of carbonyl (C=O) groups excluding carboxylic acids is 1. The molecule has 7 nitrogen and oxygen atoms in total. The Bertz CT molecular complexity index is 684. The van der Waals surface area contributed by atoms with Gasteiger partial charge in [-0.25, -0.2) is 4.68 Å². The van der Waals surface area contributed by atoms with Gasteiger partial charge in [0, 0.05) is 17.6 Å². The van der Waals surface area contributed by atoms with E-state index in [4.69, 9.17) is 11.6 Å². The number of carbonyl (C=O) groups is 1. The molecule has 0 atom stereocenters. The average molecular weight is 368 g/mol. The highest BCUT2D eigenvalue weighted by molar-refractivity contribution is 7.99. The Hall–Kier alpha value is -1.64. The lowest BCUT2D eigenvalue weighted by Crippen LogP contribution is -3.13. The summed E-state index contributed by atoms with van der Waals surface area (Å²) in [5.74, 6) is 0.523. The highest BCUT2D eigenvalue weighted by atomic mass is 35.5. The van der Waals surface area contributed by atoms with Crippen LogP contribution in [0.25, 0.3) is 0 Å². The van der Waals surface area contributed by atoms with Crippen molar-refractivity contribution in [2.24, 2.45) is 7.05 Å². The maximum atomic E-state index is 12.3. The van der Waals surface area contributed by atoms with Crippen LogP contribution in [0.5, 0.6) is 0 Å². The molecule has 24 heavy (non-hydrogen) atoms. The molecule has 1 aromatic heterocycles. The molecule has 3 rings (SSSR count). The largest absolute Gasteiger partial charge is 0.331 e. The van der Waals surface area contributed by atoms with Gasteiger partial charge in [0.15, 0.2) is 0 Å². The molecule has 1 aliphatic rings. The summed E-state index contributed by atoms with van der Waals surface area (Å²) in [6.07, 6.45) is 0. The van der Waals surface area contributed by atoms with Gasteiger partial charge in [0.2, 0.25) is 11.1 Å². The third-order valence-electron chi connectivity index (χ3n) is 4.10. The molecule has 0 saturated carbocycles. The average Bonchev–Trinajstić information content (AvgIpc) is 3.00. The summed E-state index contributed by atoms with van der Waals surface area (Å²) in [5.41, 5.74) is 1.28. The number of halogens is 1. The second-order valence-electron chi connectivity index (χ2n) is 5.81. The molecule has 1 aliphatic heterocycles. The van der Waals surface area contributed by atoms with Crippen LogP contribution in [0.1, 0.15) is 5.56 Å². The maximum absolute atomic E-state index is 12.3. The Morgan fingerprint density at radius 3 is 2.62 bits per heavy atom. The van der Waals surface area contributed by atoms with Crippen LogP contribution in [0.2, 0.25) is 5.02 Å². The molecule has 1 saturated heterocycles. The van der Waals surface area contributed by atoms with Gasteiger partial charge >= 0.3 is 0 Å². The summed E-state index contributed by atoms with van der Waals surface area (Å²) < 4.78 is 1.58. The number of nitrogens with one attached hydrogen (secondary N) is 1. The fraction of sp³-hybridized carbons (Fsp3) is 0.467. The van der Waals surface area contributed by atoms with Gasteiger partial charge < -0.3 is 9.80 Å². The van der Waals surface area contributed by atoms with Crippen LogP contribution in [0.4, 0.5) is 0 Å². The van der Waals surface area contributed by atoms with E-state index in [1.54, 1.807) is 11.7 Å². The van der Waals surface area contributed by atoms with Crippen molar-refractivity contribution in [3.8, 4) is 0 Å². The Morgan fingerprint density at radius 1 is 1.29 bits per heavy atom. The first kappa shape index (κ1) is 17.2. The van der Waals surface area contributed by atoms with Gasteiger partial charge in [-0.05, 0) is 22.6 Å². The van der Waals surface area contributed by atoms with E-state index >= 15 is 0 Å². The minimum atomic E-state index is 0.147. The number of nitrogens with zero attached hydrogens (tertiary/aromatic N) is 5. The lowest BCUT2D eigenvalue weighted by atomic mass is 10.2. The zero-order valence-electron chi connectivity index (χ0n) is 13.5. The second kappa shape index (κ2) is 7.96. The van der Waals surface area contributed by atoms with Crippen molar-refractivity contribution >= 4 is 29.3 Å². The van der Waals surface area contributed by atoms with Crippen molar-refractivity contribution in [3.05, 3.63) is 34.9 Å². The van der Waals surface area contributed by atoms with Gasteiger partial charge in [-0.2, -0.15) is 0 Å². The molecule has 1 amide bonds. The maximum Gasteiger partial charge on any atom is 0.233 e. The summed E-state index contributed by atoms with van der Waals surface area (Å²) >= 11 is 7.29. The van der Waals surface area contributed by atoms with E-state index in [9.17, 15) is 4.79 Å². The normalized spacial score (nSPS) is 15.7. The van der Waals surface area contributed by atoms with Crippen molar-refractivity contribution in [2.75, 3.05) is 31.9 Å². The number of tetrazole rings is 1. The van der Waals surface area contributed by atoms with Crippen molar-refractivity contribution in [3.63, 3.8) is 0 Å². The van der Waals surface area contributed by atoms with Gasteiger partial charge in [-0.3, -0.25) is 4.79 Å². The fourth-order valence-electron chi connectivity index (χ4n) is 2.70. The van der Waals surface area contributed by atoms with Gasteiger partial charge in [-0.1, -0.05) is 35.5 Å². The number of hydrogen-bond acceptors (Lipinski definition) is 5. The van der Waals surface area contributed by atoms with Crippen LogP contribution >= 0.6 is 23.4 Å². The number of aromatic nitrogens is 4. The molecule has 128 valence electrons. The first-order chi connectivity index (χ1) is 11.6. The lowest BCUT2D eigenvalue weighted by molar-refractivity contribution is -0.917. The van der Waals surface area contributed by atoms with E-state index in [1.807, 2.05) is 17.0 Å². The van der Waals surface area contributed by atoms with Crippen molar-refractivity contribution < 1.29 is 9.69 Å². The molecule has 2 aromatic rings. The molecule has 0 spiro atoms. The summed E-state index contributed by atoms with van der Waals surface area (Å²) in [6.45, 7) is 4.48. The Morgan fingerprint density at radius 2 is 2.00 bits per heavy atom. The number of benzene rings is 1. The fourth-order valence-corrected chi connectivity index (χ4v) is 3.58. The first-order valence-electron chi connectivity index (χ1n) is 7.83. The van der Waals surface area contributed by atoms with Crippen LogP contribution in [0.3, 0.4) is 0 Å². The van der Waals surface area contributed by atoms with Gasteiger partial charge in [0.25, 0.3) is 0 Å². The van der Waals surface area contributed by atoms with E-state index in [1.165, 1.54) is 22.2 Å². The molecule has 1 N–H and O–H groups in total. The minimum Gasteiger partial charge on any atom is -0.331 e. The molecular weight excluding hydrogens is 348 g/mol. The van der Waals surface area contributed by atoms with Crippen molar-refractivity contribution in [1.82, 2.24) is 25.1 Å². The van der Waals surface area contributed by atoms with Crippen molar-refractivity contribution in [2.45, 2.75) is 11.7 Å². The predicted octanol–water partition coefficient (Wildman–Crippen LogP) is -0.117. The molecule has 1 aromatic carbocycles. The highest BCUT2D eigenvalue weighted by Crippen LogP contribution is 2.13. The molecule has 0 unspecified atom stereocenters. The number of hydrogen-bond donors (Lipinski definition) is 1. The van der Waals surface area contributed by atoms with Crippen LogP contribution in [-0.2, 0) is 18.4 Å². The van der Waals surface area contributed by atoms with E-state index in [0.717, 1.165) is 37.7 Å². The standard InChI is InChI=1S/C15H19ClN6OS/c1-20-15(17-18-19-20)24-11-14(23)22-8-6-21(7-9-22)10-12-2-4-13(16)5-3-12/h2-5H,6-11H2,1H3/p+1. The van der Waals surface area contributed by atoms with Crippen molar-refractivity contribution in [1.29, 1.82) is 0 Å². The Kier molecular flexibility index (Phi) is 5.70. The van der Waals surface area contributed by atoms with E-state index in [0.29, 0.717) is 10.9 Å². The molecule has 1 fully saturated rings. The van der Waals surface area contributed by atoms with Crippen LogP contribution < -0.4 is 4.90 Å². The Labute approximate surface area is 149 Å². The molecule has 0 radical (unpaired) electrons. The van der Waals surface area contributed by atoms with Crippen LogP contribution in [0, 0.1) is 0 Å². The summed E-state index contributed by atoms with van der Waals surface area (Å²) in [6, 6.07) is 7.99. The number of piperazine rings is 1. The number of aryl methyl sites for hydroxylation is 1. The van der Waals surface area contributed by atoms with E-state index in [2.05, 4.69) is 27.7 Å². The third-order valence-corrected chi connectivity index (χ3v) is 5.34. The smallest absolute Gasteiger partial charge is 0.233 e. The number of thioether (sulfide) groups is 1. The second-order valence-corrected chi connectivity index (χ2v) is 7.19. The summed E-state index contributed by atoms with van der Waals surface area (Å²) in [4.78, 5) is 15.7. The number of rotatable bonds is 5. The topological polar surface area (TPSA) is 68.4 Å². The zero-order chi connectivity index (χ0) is 16.9. The van der Waals surface area contributed by atoms with Crippen LogP contribution in [-0.4, -0.2) is 62.9 Å². The Balaban J connectivity index is 1.43. The molecule has 9 heteroatoms. The monoisotopic (exact) mass is 367 g/mol. The minimum absolute atomic E-state index is 0.147. The third kappa shape index (κ3) is 4.46. The lowest BCUT2D eigenvalue weighted by Gasteiger charge is -2.32. The first-order valence-corrected chi connectivity index (χ1v) is 9.19. The molecule has 2 heterocycles. The quantitative estimate of drug-likeness (QED) is 0.746. The SMILES string of the molecule is Cn1nnnc1SCC(=O)N1CC[NH+](Cc2ccc(Cl)cc2)CC1. The number of amides is 1. The van der Waals surface area contributed by atoms with Gasteiger partial charge in [-0.15, -0.1) is 5.10 Å². The summed E-state index contributed by atoms with van der Waals surface area (Å²) in [7, 11) is 1.77. The highest BCUT2D eigenvalue weighted by Gasteiger charge is 2.24. The molecular formula is C15H20ClN6OS+. The number of quaternary nitrogens is 1. The van der Waals surface area contributed by atoms with E-state index < -0.39 is 0 Å². The van der Waals surface area contributed by atoms with Gasteiger partial charge in [0.1, 0.15) is 6.54 Å². The molecule has 0 bridgehead atoms. The zero-order valence-corrected chi connectivity index (χ0v) is 15.1. The predicted molar refractivity (Wildman–Crippen MR) is 92.0 cm³/mol. The molecule has 0 aliphatic carbocycles. The van der Waals surface area contributed by atoms with Gasteiger partial charge in [0.05, 0.1) is 31.9 Å². The van der Waals surface area contributed by atoms with Crippen LogP contribution in [0.15, 0.2) is 29.4 Å². The van der Waals surface area contributed by atoms with E-state index in [-0.39, 0.29) is 5.91 Å².